The number of rotatable bonds is 6. The molecule has 1 fully saturated rings. The highest BCUT2D eigenvalue weighted by Gasteiger charge is 2.36. The summed E-state index contributed by atoms with van der Waals surface area (Å²) in [5, 5.41) is 10.5. The van der Waals surface area contributed by atoms with E-state index in [1.165, 1.54) is 0 Å². The maximum Gasteiger partial charge on any atom is 0.226 e. The number of nitrogens with one attached hydrogen (secondary N) is 1. The van der Waals surface area contributed by atoms with Crippen molar-refractivity contribution >= 4 is 17.2 Å². The summed E-state index contributed by atoms with van der Waals surface area (Å²) in [5.41, 5.74) is 2.99. The molecular weight excluding hydrogens is 372 g/mol. The topological polar surface area (TPSA) is 69.0 Å². The van der Waals surface area contributed by atoms with Crippen molar-refractivity contribution in [2.75, 3.05) is 6.61 Å². The van der Waals surface area contributed by atoms with Crippen LogP contribution in [0.4, 0.5) is 0 Å². The van der Waals surface area contributed by atoms with Crippen molar-refractivity contribution in [3.8, 4) is 5.69 Å². The van der Waals surface area contributed by atoms with Gasteiger partial charge in [-0.2, -0.15) is 5.10 Å². The fraction of sp³-hybridized carbons (Fsp3) is 0.381. The second-order valence-corrected chi connectivity index (χ2v) is 8.22. The highest BCUT2D eigenvalue weighted by Crippen LogP contribution is 2.35. The first-order valence-electron chi connectivity index (χ1n) is 9.55. The van der Waals surface area contributed by atoms with Gasteiger partial charge in [-0.15, -0.1) is 11.3 Å². The van der Waals surface area contributed by atoms with E-state index in [1.54, 1.807) is 17.5 Å². The monoisotopic (exact) mass is 396 g/mol. The summed E-state index contributed by atoms with van der Waals surface area (Å²) >= 11 is 1.59. The molecule has 3 aromatic rings. The maximum absolute atomic E-state index is 12.8. The lowest BCUT2D eigenvalue weighted by Gasteiger charge is -2.16. The van der Waals surface area contributed by atoms with Crippen LogP contribution >= 0.6 is 11.3 Å². The Morgan fingerprint density at radius 3 is 2.93 bits per heavy atom. The Hall–Kier alpha value is -2.51. The van der Waals surface area contributed by atoms with Crippen LogP contribution in [0.2, 0.25) is 0 Å². The van der Waals surface area contributed by atoms with Gasteiger partial charge in [-0.3, -0.25) is 4.79 Å². The molecule has 1 saturated heterocycles. The Balaban J connectivity index is 1.41. The number of aromatic nitrogens is 3. The van der Waals surface area contributed by atoms with Gasteiger partial charge in [-0.1, -0.05) is 32.0 Å². The van der Waals surface area contributed by atoms with Crippen LogP contribution in [0, 0.1) is 5.92 Å². The minimum absolute atomic E-state index is 0.0104. The van der Waals surface area contributed by atoms with Crippen molar-refractivity contribution in [2.24, 2.45) is 5.92 Å². The molecule has 1 aliphatic heterocycles. The first-order valence-corrected chi connectivity index (χ1v) is 10.4. The van der Waals surface area contributed by atoms with E-state index in [4.69, 9.17) is 4.74 Å². The van der Waals surface area contributed by atoms with Crippen LogP contribution in [0.1, 0.15) is 48.6 Å². The lowest BCUT2D eigenvalue weighted by Crippen LogP contribution is -2.31. The third-order valence-corrected chi connectivity index (χ3v) is 5.82. The largest absolute Gasteiger partial charge is 0.373 e. The van der Waals surface area contributed by atoms with Gasteiger partial charge in [0.1, 0.15) is 5.01 Å². The molecule has 1 N–H and O–H groups in total. The maximum atomic E-state index is 12.8. The molecule has 7 heteroatoms. The van der Waals surface area contributed by atoms with Crippen LogP contribution in [-0.2, 0) is 16.1 Å². The summed E-state index contributed by atoms with van der Waals surface area (Å²) in [6, 6.07) is 9.91. The molecule has 1 aliphatic rings. The molecule has 0 spiro atoms. The number of nitrogens with zero attached hydrogens (tertiary/aromatic N) is 3. The Kier molecular flexibility index (Phi) is 5.54. The van der Waals surface area contributed by atoms with E-state index in [0.29, 0.717) is 25.5 Å². The summed E-state index contributed by atoms with van der Waals surface area (Å²) < 4.78 is 7.70. The molecule has 6 nitrogen and oxygen atoms in total. The van der Waals surface area contributed by atoms with Crippen molar-refractivity contribution in [1.82, 2.24) is 20.1 Å². The number of ether oxygens (including phenoxy) is 1. The van der Waals surface area contributed by atoms with Crippen molar-refractivity contribution in [3.63, 3.8) is 0 Å². The molecule has 0 radical (unpaired) electrons. The zero-order chi connectivity index (χ0) is 19.5. The van der Waals surface area contributed by atoms with Crippen molar-refractivity contribution in [2.45, 2.75) is 38.8 Å². The summed E-state index contributed by atoms with van der Waals surface area (Å²) in [5.74, 6) is 0.198. The second-order valence-electron chi connectivity index (χ2n) is 7.28. The quantitative estimate of drug-likeness (QED) is 0.687. The van der Waals surface area contributed by atoms with Gasteiger partial charge in [0.25, 0.3) is 0 Å². The minimum Gasteiger partial charge on any atom is -0.373 e. The van der Waals surface area contributed by atoms with Crippen LogP contribution in [0.25, 0.3) is 5.69 Å². The average molecular weight is 397 g/mol. The van der Waals surface area contributed by atoms with Crippen molar-refractivity contribution in [3.05, 3.63) is 64.4 Å². The van der Waals surface area contributed by atoms with Gasteiger partial charge in [-0.25, -0.2) is 9.67 Å². The number of hydrogen-bond acceptors (Lipinski definition) is 5. The third kappa shape index (κ3) is 4.00. The Bertz CT molecular complexity index is 935. The van der Waals surface area contributed by atoms with E-state index in [-0.39, 0.29) is 17.9 Å². The molecule has 0 unspecified atom stereocenters. The zero-order valence-electron chi connectivity index (χ0n) is 16.0. The second kappa shape index (κ2) is 8.24. The molecule has 0 saturated carbocycles. The number of amides is 1. The Morgan fingerprint density at radius 1 is 1.36 bits per heavy atom. The van der Waals surface area contributed by atoms with Crippen LogP contribution in [0.3, 0.4) is 0 Å². The number of thiazole rings is 1. The van der Waals surface area contributed by atoms with Gasteiger partial charge in [0.15, 0.2) is 0 Å². The van der Waals surface area contributed by atoms with E-state index in [9.17, 15) is 4.79 Å². The van der Waals surface area contributed by atoms with Gasteiger partial charge >= 0.3 is 0 Å². The fourth-order valence-electron chi connectivity index (χ4n) is 3.36. The van der Waals surface area contributed by atoms with Gasteiger partial charge in [0.2, 0.25) is 5.91 Å². The molecular formula is C21H24N4O2S. The molecule has 4 rings (SSSR count). The summed E-state index contributed by atoms with van der Waals surface area (Å²) in [7, 11) is 0. The lowest BCUT2D eigenvalue weighted by atomic mass is 9.96. The molecule has 0 aliphatic carbocycles. The number of benzene rings is 1. The standard InChI is InChI=1S/C21H24N4O2S/c1-14(2)18-13-28-19(24-18)11-22-21(26)17-8-9-27-20(17)15-10-23-25(12-15)16-6-4-3-5-7-16/h3-7,10,12-14,17,20H,8-9,11H2,1-2H3,(H,22,26)/t17-,20+/m0/s1. The number of para-hydroxylation sites is 1. The van der Waals surface area contributed by atoms with Crippen LogP contribution in [0.15, 0.2) is 48.1 Å². The van der Waals surface area contributed by atoms with Crippen molar-refractivity contribution < 1.29 is 9.53 Å². The predicted octanol–water partition coefficient (Wildman–Crippen LogP) is 3.85. The first-order chi connectivity index (χ1) is 13.6. The molecule has 1 amide bonds. The van der Waals surface area contributed by atoms with Crippen molar-refractivity contribution in [1.29, 1.82) is 0 Å². The molecule has 0 bridgehead atoms. The van der Waals surface area contributed by atoms with Gasteiger partial charge < -0.3 is 10.1 Å². The third-order valence-electron chi connectivity index (χ3n) is 4.96. The van der Waals surface area contributed by atoms with E-state index in [1.807, 2.05) is 41.2 Å². The summed E-state index contributed by atoms with van der Waals surface area (Å²) in [6.07, 6.45) is 4.18. The lowest BCUT2D eigenvalue weighted by molar-refractivity contribution is -0.126. The number of carbonyl (C=O) groups excluding carboxylic acids is 1. The Morgan fingerprint density at radius 2 is 2.18 bits per heavy atom. The van der Waals surface area contributed by atoms with E-state index < -0.39 is 0 Å². The molecule has 28 heavy (non-hydrogen) atoms. The molecule has 3 heterocycles. The smallest absolute Gasteiger partial charge is 0.226 e. The molecule has 2 aromatic heterocycles. The van der Waals surface area contributed by atoms with Gasteiger partial charge in [0, 0.05) is 23.7 Å². The molecule has 146 valence electrons. The van der Waals surface area contributed by atoms with Gasteiger partial charge in [0.05, 0.1) is 36.1 Å². The Labute approximate surface area is 168 Å². The number of carbonyl (C=O) groups is 1. The minimum atomic E-state index is -0.264. The summed E-state index contributed by atoms with van der Waals surface area (Å²) in [6.45, 7) is 5.28. The fourth-order valence-corrected chi connectivity index (χ4v) is 4.25. The van der Waals surface area contributed by atoms with Gasteiger partial charge in [-0.05, 0) is 24.5 Å². The average Bonchev–Trinajstić information content (AvgIpc) is 3.46. The van der Waals surface area contributed by atoms with E-state index in [2.05, 4.69) is 34.6 Å². The van der Waals surface area contributed by atoms with Crippen LogP contribution < -0.4 is 5.32 Å². The highest BCUT2D eigenvalue weighted by atomic mass is 32.1. The number of hydrogen-bond donors (Lipinski definition) is 1. The van der Waals surface area contributed by atoms with Crippen LogP contribution in [0.5, 0.6) is 0 Å². The zero-order valence-corrected chi connectivity index (χ0v) is 16.9. The SMILES string of the molecule is CC(C)c1csc(CNC(=O)[C@H]2CCO[C@@H]2c2cnn(-c3ccccc3)c2)n1. The molecule has 1 aromatic carbocycles. The molecule has 2 atom stereocenters. The normalized spacial score (nSPS) is 19.2. The first kappa shape index (κ1) is 18.8. The highest BCUT2D eigenvalue weighted by molar-refractivity contribution is 7.09. The van der Waals surface area contributed by atoms with E-state index in [0.717, 1.165) is 22.0 Å². The predicted molar refractivity (Wildman–Crippen MR) is 108 cm³/mol. The van der Waals surface area contributed by atoms with E-state index >= 15 is 0 Å². The summed E-state index contributed by atoms with van der Waals surface area (Å²) in [4.78, 5) is 17.4. The van der Waals surface area contributed by atoms with Crippen LogP contribution in [-0.4, -0.2) is 27.3 Å².